The van der Waals surface area contributed by atoms with Gasteiger partial charge < -0.3 is 9.47 Å². The van der Waals surface area contributed by atoms with Crippen molar-refractivity contribution in [1.29, 1.82) is 0 Å². The number of rotatable bonds is 5. The monoisotopic (exact) mass is 224 g/mol. The SMILES string of the molecule is CC(OCOc1ccccc1)[Si](C)(C)C. The van der Waals surface area contributed by atoms with Crippen LogP contribution in [0, 0.1) is 0 Å². The summed E-state index contributed by atoms with van der Waals surface area (Å²) >= 11 is 0. The zero-order valence-electron chi connectivity index (χ0n) is 9.99. The highest BCUT2D eigenvalue weighted by molar-refractivity contribution is 6.77. The Hall–Kier alpha value is -0.803. The van der Waals surface area contributed by atoms with E-state index in [1.54, 1.807) is 0 Å². The molecule has 1 unspecified atom stereocenters. The first-order chi connectivity index (χ1) is 7.00. The standard InChI is InChI=1S/C12H20O2Si/c1-11(15(2,3)4)13-10-14-12-8-6-5-7-9-12/h5-9,11H,10H2,1-4H3. The van der Waals surface area contributed by atoms with Crippen molar-refractivity contribution in [2.45, 2.75) is 32.3 Å². The molecule has 2 nitrogen and oxygen atoms in total. The van der Waals surface area contributed by atoms with E-state index in [0.717, 1.165) is 5.75 Å². The molecule has 1 aromatic carbocycles. The van der Waals surface area contributed by atoms with E-state index in [0.29, 0.717) is 12.5 Å². The van der Waals surface area contributed by atoms with Gasteiger partial charge in [0.05, 0.1) is 8.07 Å². The predicted octanol–water partition coefficient (Wildman–Crippen LogP) is 3.31. The number of benzene rings is 1. The minimum atomic E-state index is -1.20. The van der Waals surface area contributed by atoms with Gasteiger partial charge in [0.15, 0.2) is 6.79 Å². The molecule has 15 heavy (non-hydrogen) atoms. The van der Waals surface area contributed by atoms with Crippen molar-refractivity contribution in [3.05, 3.63) is 30.3 Å². The Balaban J connectivity index is 2.28. The number of ether oxygens (including phenoxy) is 2. The molecule has 0 saturated heterocycles. The highest BCUT2D eigenvalue weighted by Gasteiger charge is 2.22. The summed E-state index contributed by atoms with van der Waals surface area (Å²) in [4.78, 5) is 0. The molecule has 1 rings (SSSR count). The van der Waals surface area contributed by atoms with Gasteiger partial charge in [-0.25, -0.2) is 0 Å². The van der Waals surface area contributed by atoms with E-state index in [4.69, 9.17) is 9.47 Å². The second kappa shape index (κ2) is 5.33. The fraction of sp³-hybridized carbons (Fsp3) is 0.500. The maximum absolute atomic E-state index is 5.65. The zero-order valence-corrected chi connectivity index (χ0v) is 11.0. The Bertz CT molecular complexity index is 279. The van der Waals surface area contributed by atoms with Crippen LogP contribution in [0.3, 0.4) is 0 Å². The number of hydrogen-bond acceptors (Lipinski definition) is 2. The Kier molecular flexibility index (Phi) is 4.36. The molecule has 1 aromatic rings. The third-order valence-electron chi connectivity index (χ3n) is 2.51. The van der Waals surface area contributed by atoms with Crippen LogP contribution in [-0.4, -0.2) is 20.6 Å². The minimum Gasteiger partial charge on any atom is -0.468 e. The highest BCUT2D eigenvalue weighted by atomic mass is 28.3. The molecular weight excluding hydrogens is 204 g/mol. The van der Waals surface area contributed by atoms with Crippen molar-refractivity contribution in [1.82, 2.24) is 0 Å². The summed E-state index contributed by atoms with van der Waals surface area (Å²) in [5.41, 5.74) is 0.321. The first-order valence-electron chi connectivity index (χ1n) is 5.29. The maximum Gasteiger partial charge on any atom is 0.188 e. The average molecular weight is 224 g/mol. The quantitative estimate of drug-likeness (QED) is 0.564. The molecule has 84 valence electrons. The normalized spacial score (nSPS) is 13.6. The van der Waals surface area contributed by atoms with E-state index < -0.39 is 8.07 Å². The second-order valence-corrected chi connectivity index (χ2v) is 10.3. The number of hydrogen-bond donors (Lipinski definition) is 0. The maximum atomic E-state index is 5.65. The summed E-state index contributed by atoms with van der Waals surface area (Å²) in [5, 5.41) is 0. The summed E-state index contributed by atoms with van der Waals surface area (Å²) in [7, 11) is -1.20. The largest absolute Gasteiger partial charge is 0.468 e. The fourth-order valence-corrected chi connectivity index (χ4v) is 1.54. The summed E-state index contributed by atoms with van der Waals surface area (Å²) in [6.45, 7) is 9.34. The summed E-state index contributed by atoms with van der Waals surface area (Å²) in [5.74, 6) is 0.861. The highest BCUT2D eigenvalue weighted by Crippen LogP contribution is 2.12. The van der Waals surface area contributed by atoms with Crippen LogP contribution in [0.15, 0.2) is 30.3 Å². The molecule has 0 amide bonds. The Morgan fingerprint density at radius 2 is 1.73 bits per heavy atom. The smallest absolute Gasteiger partial charge is 0.188 e. The van der Waals surface area contributed by atoms with Crippen LogP contribution in [0.4, 0.5) is 0 Å². The number of para-hydroxylation sites is 1. The molecule has 0 aliphatic rings. The van der Waals surface area contributed by atoms with Gasteiger partial charge in [-0.2, -0.15) is 0 Å². The van der Waals surface area contributed by atoms with E-state index in [1.165, 1.54) is 0 Å². The third-order valence-corrected chi connectivity index (χ3v) is 5.11. The van der Waals surface area contributed by atoms with Gasteiger partial charge in [-0.3, -0.25) is 0 Å². The predicted molar refractivity (Wildman–Crippen MR) is 65.8 cm³/mol. The second-order valence-electron chi connectivity index (χ2n) is 4.75. The molecule has 0 N–H and O–H groups in total. The first kappa shape index (κ1) is 12.3. The molecule has 0 heterocycles. The summed E-state index contributed by atoms with van der Waals surface area (Å²) in [6, 6.07) is 9.75. The van der Waals surface area contributed by atoms with Crippen molar-refractivity contribution >= 4 is 8.07 Å². The zero-order chi connectivity index (χ0) is 11.3. The van der Waals surface area contributed by atoms with Gasteiger partial charge in [-0.05, 0) is 19.1 Å². The van der Waals surface area contributed by atoms with Crippen molar-refractivity contribution in [2.75, 3.05) is 6.79 Å². The molecule has 0 radical (unpaired) electrons. The molecule has 0 aliphatic carbocycles. The molecule has 0 spiro atoms. The molecule has 0 bridgehead atoms. The molecule has 0 aliphatic heterocycles. The summed E-state index contributed by atoms with van der Waals surface area (Å²) < 4.78 is 11.1. The average Bonchev–Trinajstić information content (AvgIpc) is 2.18. The van der Waals surface area contributed by atoms with Crippen molar-refractivity contribution in [3.8, 4) is 5.75 Å². The van der Waals surface area contributed by atoms with Crippen LogP contribution in [-0.2, 0) is 4.74 Å². The van der Waals surface area contributed by atoms with E-state index in [-0.39, 0.29) is 0 Å². The Morgan fingerprint density at radius 3 is 2.27 bits per heavy atom. The third kappa shape index (κ3) is 4.49. The molecular formula is C12H20O2Si. The van der Waals surface area contributed by atoms with Crippen LogP contribution in [0.2, 0.25) is 19.6 Å². The topological polar surface area (TPSA) is 18.5 Å². The van der Waals surface area contributed by atoms with Gasteiger partial charge in [0.1, 0.15) is 5.75 Å². The van der Waals surface area contributed by atoms with Gasteiger partial charge in [0.25, 0.3) is 0 Å². The molecule has 1 atom stereocenters. The van der Waals surface area contributed by atoms with Gasteiger partial charge >= 0.3 is 0 Å². The lowest BCUT2D eigenvalue weighted by molar-refractivity contribution is 0.000298. The van der Waals surface area contributed by atoms with Crippen LogP contribution in [0.1, 0.15) is 6.92 Å². The van der Waals surface area contributed by atoms with Crippen LogP contribution >= 0.6 is 0 Å². The molecule has 3 heteroatoms. The van der Waals surface area contributed by atoms with Crippen molar-refractivity contribution < 1.29 is 9.47 Å². The molecule has 0 saturated carbocycles. The lowest BCUT2D eigenvalue weighted by Gasteiger charge is -2.25. The van der Waals surface area contributed by atoms with Gasteiger partial charge in [0, 0.05) is 5.73 Å². The van der Waals surface area contributed by atoms with Crippen molar-refractivity contribution in [2.24, 2.45) is 0 Å². The first-order valence-corrected chi connectivity index (χ1v) is 8.87. The van der Waals surface area contributed by atoms with Gasteiger partial charge in [-0.1, -0.05) is 37.8 Å². The van der Waals surface area contributed by atoms with Crippen LogP contribution in [0.5, 0.6) is 5.75 Å². The molecule has 0 aromatic heterocycles. The molecule has 0 fully saturated rings. The minimum absolute atomic E-state index is 0.321. The van der Waals surface area contributed by atoms with Gasteiger partial charge in [0.2, 0.25) is 0 Å². The van der Waals surface area contributed by atoms with E-state index >= 15 is 0 Å². The Morgan fingerprint density at radius 1 is 1.13 bits per heavy atom. The van der Waals surface area contributed by atoms with Gasteiger partial charge in [-0.15, -0.1) is 0 Å². The van der Waals surface area contributed by atoms with Crippen LogP contribution < -0.4 is 4.74 Å². The van der Waals surface area contributed by atoms with E-state index in [2.05, 4.69) is 26.6 Å². The Labute approximate surface area is 93.2 Å². The van der Waals surface area contributed by atoms with E-state index in [1.807, 2.05) is 30.3 Å². The summed E-state index contributed by atoms with van der Waals surface area (Å²) in [6.07, 6.45) is 0. The van der Waals surface area contributed by atoms with Crippen molar-refractivity contribution in [3.63, 3.8) is 0 Å². The van der Waals surface area contributed by atoms with E-state index in [9.17, 15) is 0 Å². The lowest BCUT2D eigenvalue weighted by Crippen LogP contribution is -2.38. The van der Waals surface area contributed by atoms with Crippen LogP contribution in [0.25, 0.3) is 0 Å². The fourth-order valence-electron chi connectivity index (χ4n) is 0.971. The lowest BCUT2D eigenvalue weighted by atomic mass is 10.3.